The Bertz CT molecular complexity index is 2050. The monoisotopic (exact) mass is 665 g/mol. The molecule has 4 rings (SSSR count). The van der Waals surface area contributed by atoms with Gasteiger partial charge in [-0.1, -0.05) is 17.7 Å². The quantitative estimate of drug-likeness (QED) is 0.0717. The second kappa shape index (κ2) is 13.9. The molecule has 18 heteroatoms. The topological polar surface area (TPSA) is 218 Å². The molecule has 0 unspecified atom stereocenters. The predicted octanol–water partition coefficient (Wildman–Crippen LogP) is -1.95. The molecule has 0 heterocycles. The van der Waals surface area contributed by atoms with Crippen LogP contribution in [0.25, 0.3) is 10.8 Å². The first-order valence-electron chi connectivity index (χ1n) is 11.4. The Labute approximate surface area is 292 Å². The number of rotatable bonds is 8. The normalized spacial score (nSPS) is 12.0. The van der Waals surface area contributed by atoms with Crippen LogP contribution in [0.5, 0.6) is 11.5 Å². The molecule has 0 radical (unpaired) electrons. The van der Waals surface area contributed by atoms with E-state index in [1.54, 1.807) is 13.8 Å². The molecule has 0 amide bonds. The van der Waals surface area contributed by atoms with Crippen LogP contribution in [-0.2, 0) is 30.4 Å². The Kier molecular flexibility index (Phi) is 12.0. The summed E-state index contributed by atoms with van der Waals surface area (Å²) in [5.74, 6) is -0.412. The molecule has 0 fully saturated rings. The Hall–Kier alpha value is -2.09. The number of aryl methyl sites for hydroxylation is 2. The van der Waals surface area contributed by atoms with Crippen molar-refractivity contribution in [3.63, 3.8) is 0 Å². The Morgan fingerprint density at radius 3 is 1.91 bits per heavy atom. The van der Waals surface area contributed by atoms with Crippen LogP contribution in [0.3, 0.4) is 0 Å². The molecule has 0 aromatic heterocycles. The molecular formula is C25H21N3Na2O10S3. The summed E-state index contributed by atoms with van der Waals surface area (Å²) in [6, 6.07) is 11.7. The van der Waals surface area contributed by atoms with Crippen molar-refractivity contribution in [3.8, 4) is 11.5 Å². The number of nitrogen functional groups attached to an aromatic ring is 1. The van der Waals surface area contributed by atoms with Crippen LogP contribution in [0.4, 0.5) is 17.1 Å². The van der Waals surface area contributed by atoms with E-state index in [9.17, 15) is 34.4 Å². The van der Waals surface area contributed by atoms with Gasteiger partial charge in [-0.25, -0.2) is 16.8 Å². The Balaban J connectivity index is 0.00000323. The number of benzene rings is 4. The predicted molar refractivity (Wildman–Crippen MR) is 145 cm³/mol. The van der Waals surface area contributed by atoms with Crippen LogP contribution < -0.4 is 73.8 Å². The third-order valence-corrected chi connectivity index (χ3v) is 8.81. The molecule has 13 nitrogen and oxygen atoms in total. The summed E-state index contributed by atoms with van der Waals surface area (Å²) in [6.45, 7) is 3.34. The van der Waals surface area contributed by atoms with Gasteiger partial charge in [0.25, 0.3) is 0 Å². The Morgan fingerprint density at radius 1 is 0.721 bits per heavy atom. The van der Waals surface area contributed by atoms with Crippen LogP contribution in [0, 0.1) is 13.8 Å². The van der Waals surface area contributed by atoms with Gasteiger partial charge in [0.15, 0.2) is 5.75 Å². The maximum absolute atomic E-state index is 13.0. The number of methoxy groups -OCH3 is 1. The van der Waals surface area contributed by atoms with Crippen molar-refractivity contribution in [2.45, 2.75) is 28.5 Å². The van der Waals surface area contributed by atoms with Crippen LogP contribution in [0.1, 0.15) is 11.1 Å². The van der Waals surface area contributed by atoms with Crippen molar-refractivity contribution in [1.82, 2.24) is 0 Å². The molecule has 0 aliphatic carbocycles. The van der Waals surface area contributed by atoms with Crippen LogP contribution >= 0.6 is 0 Å². The first-order valence-corrected chi connectivity index (χ1v) is 15.6. The minimum absolute atomic E-state index is 0. The summed E-state index contributed by atoms with van der Waals surface area (Å²) < 4.78 is 109. The van der Waals surface area contributed by atoms with Crippen LogP contribution in [0.2, 0.25) is 0 Å². The van der Waals surface area contributed by atoms with Gasteiger partial charge in [-0.3, -0.25) is 0 Å². The summed E-state index contributed by atoms with van der Waals surface area (Å²) in [7, 11) is -13.7. The molecule has 0 atom stereocenters. The Morgan fingerprint density at radius 2 is 1.35 bits per heavy atom. The van der Waals surface area contributed by atoms with E-state index in [2.05, 4.69) is 10.2 Å². The standard InChI is InChI=1S/C25H23N3O10S3.2Na/c1-14-4-6-16(7-5-14)41(35,36)38-22-12-17(39(29,30)31)11-19-18(22)8-9-24(40(32,33)34)25(19)28-27-21-13-23(37-3)20(26)10-15(21)2;;/h4-13H,26H2,1-3H3,(H,29,30,31)(H,32,33,34);;/q;2*+1/p-2. The average molecular weight is 666 g/mol. The number of ether oxygens (including phenoxy) is 1. The zero-order valence-corrected chi connectivity index (χ0v) is 30.0. The number of nitrogens with two attached hydrogens (primary N) is 1. The maximum atomic E-state index is 13.0. The molecular weight excluding hydrogens is 644 g/mol. The molecule has 2 N–H and O–H groups in total. The van der Waals surface area contributed by atoms with Gasteiger partial charge in [0.05, 0.1) is 28.3 Å². The van der Waals surface area contributed by atoms with E-state index in [1.165, 1.54) is 43.5 Å². The van der Waals surface area contributed by atoms with Gasteiger partial charge in [0.2, 0.25) is 0 Å². The molecule has 4 aromatic carbocycles. The first kappa shape index (κ1) is 37.1. The van der Waals surface area contributed by atoms with E-state index < -0.39 is 57.0 Å². The zero-order valence-electron chi connectivity index (χ0n) is 23.6. The van der Waals surface area contributed by atoms with Crippen molar-refractivity contribution < 1.29 is 102 Å². The third-order valence-electron chi connectivity index (χ3n) is 5.88. The van der Waals surface area contributed by atoms with Crippen LogP contribution in [0.15, 0.2) is 85.6 Å². The molecule has 4 aromatic rings. The smallest absolute Gasteiger partial charge is 0.744 e. The van der Waals surface area contributed by atoms with Crippen molar-refractivity contribution in [1.29, 1.82) is 0 Å². The summed E-state index contributed by atoms with van der Waals surface area (Å²) in [5, 5.41) is 7.33. The van der Waals surface area contributed by atoms with Gasteiger partial charge in [-0.05, 0) is 55.8 Å². The number of fused-ring (bicyclic) bond motifs is 1. The van der Waals surface area contributed by atoms with E-state index in [1.807, 2.05) is 0 Å². The average Bonchev–Trinajstić information content (AvgIpc) is 2.87. The van der Waals surface area contributed by atoms with Gasteiger partial charge in [-0.15, -0.1) is 5.11 Å². The molecule has 43 heavy (non-hydrogen) atoms. The summed E-state index contributed by atoms with van der Waals surface area (Å²) in [5.41, 5.74) is 6.87. The second-order valence-electron chi connectivity index (χ2n) is 8.77. The zero-order chi connectivity index (χ0) is 30.3. The van der Waals surface area contributed by atoms with Gasteiger partial charge in [0.1, 0.15) is 36.6 Å². The molecule has 0 bridgehead atoms. The SMILES string of the molecule is COc1cc(N=Nc2c(S(=O)(=O)[O-])ccc3c(OS(=O)(=O)c4ccc(C)cc4)cc(S(=O)(=O)[O-])cc23)c(C)cc1N.[Na+].[Na+]. The number of nitrogens with zero attached hydrogens (tertiary/aromatic N) is 2. The third kappa shape index (κ3) is 8.34. The number of anilines is 1. The fourth-order valence-electron chi connectivity index (χ4n) is 3.82. The molecule has 0 spiro atoms. The molecule has 216 valence electrons. The second-order valence-corrected chi connectivity index (χ2v) is 13.0. The van der Waals surface area contributed by atoms with Crippen LogP contribution in [-0.4, -0.2) is 41.5 Å². The number of hydrogen-bond donors (Lipinski definition) is 1. The summed E-state index contributed by atoms with van der Waals surface area (Å²) in [4.78, 5) is -2.17. The summed E-state index contributed by atoms with van der Waals surface area (Å²) >= 11 is 0. The molecule has 0 aliphatic rings. The fraction of sp³-hybridized carbons (Fsp3) is 0.120. The van der Waals surface area contributed by atoms with Crippen molar-refractivity contribution >= 4 is 58.2 Å². The molecule has 0 saturated carbocycles. The van der Waals surface area contributed by atoms with Gasteiger partial charge in [-0.2, -0.15) is 13.5 Å². The first-order chi connectivity index (χ1) is 19.0. The van der Waals surface area contributed by atoms with Crippen molar-refractivity contribution in [2.75, 3.05) is 12.8 Å². The number of azo groups is 1. The van der Waals surface area contributed by atoms with Gasteiger partial charge in [0, 0.05) is 22.9 Å². The van der Waals surface area contributed by atoms with Gasteiger partial charge < -0.3 is 23.8 Å². The van der Waals surface area contributed by atoms with E-state index in [-0.39, 0.29) is 86.5 Å². The fourth-order valence-corrected chi connectivity index (χ4v) is 5.89. The molecule has 0 aliphatic heterocycles. The van der Waals surface area contributed by atoms with E-state index >= 15 is 0 Å². The maximum Gasteiger partial charge on any atom is 1.00 e. The van der Waals surface area contributed by atoms with E-state index in [4.69, 9.17) is 14.7 Å². The minimum atomic E-state index is -5.25. The van der Waals surface area contributed by atoms with Crippen molar-refractivity contribution in [3.05, 3.63) is 71.8 Å². The summed E-state index contributed by atoms with van der Waals surface area (Å²) in [6.07, 6.45) is 0. The largest absolute Gasteiger partial charge is 1.00 e. The van der Waals surface area contributed by atoms with Crippen molar-refractivity contribution in [2.24, 2.45) is 10.2 Å². The minimum Gasteiger partial charge on any atom is -0.744 e. The van der Waals surface area contributed by atoms with Gasteiger partial charge >= 0.3 is 69.2 Å². The van der Waals surface area contributed by atoms with E-state index in [0.717, 1.165) is 23.8 Å². The molecule has 0 saturated heterocycles. The van der Waals surface area contributed by atoms with E-state index in [0.29, 0.717) is 11.6 Å². The number of hydrogen-bond acceptors (Lipinski definition) is 13.